The van der Waals surface area contributed by atoms with Gasteiger partial charge in [0, 0.05) is 5.56 Å². The third kappa shape index (κ3) is 3.04. The van der Waals surface area contributed by atoms with Crippen LogP contribution in [0.3, 0.4) is 0 Å². The molecule has 1 unspecified atom stereocenters. The third-order valence-electron chi connectivity index (χ3n) is 3.66. The van der Waals surface area contributed by atoms with Gasteiger partial charge >= 0.3 is 0 Å². The van der Waals surface area contributed by atoms with Crippen LogP contribution >= 0.6 is 11.6 Å². The average molecular weight is 307 g/mol. The molecule has 0 saturated carbocycles. The second kappa shape index (κ2) is 6.46. The summed E-state index contributed by atoms with van der Waals surface area (Å²) >= 11 is 5.83. The highest BCUT2D eigenvalue weighted by atomic mass is 35.5. The Hall–Kier alpha value is -1.58. The number of hydrogen-bond acceptors (Lipinski definition) is 2. The second-order valence-corrected chi connectivity index (χ2v) is 5.25. The van der Waals surface area contributed by atoms with E-state index in [2.05, 4.69) is 6.07 Å². The molecule has 1 heterocycles. The average Bonchev–Trinajstić information content (AvgIpc) is 2.53. The fourth-order valence-electron chi connectivity index (χ4n) is 2.59. The lowest BCUT2D eigenvalue weighted by Crippen LogP contribution is -2.22. The Balaban J connectivity index is 1.78. The van der Waals surface area contributed by atoms with Crippen molar-refractivity contribution in [2.24, 2.45) is 0 Å². The number of rotatable bonds is 4. The van der Waals surface area contributed by atoms with Crippen molar-refractivity contribution in [2.45, 2.75) is 18.4 Å². The van der Waals surface area contributed by atoms with Gasteiger partial charge in [-0.15, -0.1) is 11.6 Å². The minimum atomic E-state index is -0.391. The predicted molar refractivity (Wildman–Crippen MR) is 80.3 cm³/mol. The van der Waals surface area contributed by atoms with E-state index in [1.54, 1.807) is 12.1 Å². The zero-order valence-corrected chi connectivity index (χ0v) is 12.3. The normalized spacial score (nSPS) is 17.3. The highest BCUT2D eigenvalue weighted by Gasteiger charge is 2.22. The van der Waals surface area contributed by atoms with Crippen molar-refractivity contribution < 1.29 is 13.9 Å². The highest BCUT2D eigenvalue weighted by molar-refractivity contribution is 6.17. The van der Waals surface area contributed by atoms with Gasteiger partial charge in [0.25, 0.3) is 0 Å². The summed E-state index contributed by atoms with van der Waals surface area (Å²) in [6.45, 7) is 0.937. The molecule has 2 aromatic rings. The molecule has 0 spiro atoms. The zero-order valence-electron chi connectivity index (χ0n) is 11.5. The lowest BCUT2D eigenvalue weighted by molar-refractivity contribution is 0.00917. The maximum Gasteiger partial charge on any atom is 0.165 e. The maximum absolute atomic E-state index is 13.9. The largest absolute Gasteiger partial charge is 0.487 e. The fraction of sp³-hybridized carbons (Fsp3) is 0.294. The van der Waals surface area contributed by atoms with Crippen LogP contribution in [0.4, 0.5) is 4.39 Å². The van der Waals surface area contributed by atoms with Crippen LogP contribution in [-0.4, -0.2) is 13.2 Å². The Labute approximate surface area is 128 Å². The van der Waals surface area contributed by atoms with Gasteiger partial charge in [-0.2, -0.15) is 0 Å². The maximum atomic E-state index is 13.9. The molecule has 2 aromatic carbocycles. The molecular weight excluding hydrogens is 291 g/mol. The van der Waals surface area contributed by atoms with Crippen molar-refractivity contribution in [1.82, 2.24) is 0 Å². The van der Waals surface area contributed by atoms with Crippen molar-refractivity contribution in [3.63, 3.8) is 0 Å². The Morgan fingerprint density at radius 1 is 1.19 bits per heavy atom. The molecule has 0 aromatic heterocycles. The Bertz CT molecular complexity index is 630. The predicted octanol–water partition coefficient (Wildman–Crippen LogP) is 4.26. The third-order valence-corrected chi connectivity index (χ3v) is 3.95. The number of hydrogen-bond donors (Lipinski definition) is 0. The van der Waals surface area contributed by atoms with Gasteiger partial charge in [0.2, 0.25) is 0 Å². The molecular formula is C17H16ClFO2. The van der Waals surface area contributed by atoms with E-state index in [0.29, 0.717) is 12.2 Å². The van der Waals surface area contributed by atoms with Crippen LogP contribution < -0.4 is 4.74 Å². The summed E-state index contributed by atoms with van der Waals surface area (Å²) in [7, 11) is 0. The number of alkyl halides is 1. The topological polar surface area (TPSA) is 18.5 Å². The summed E-state index contributed by atoms with van der Waals surface area (Å²) in [4.78, 5) is 0. The fourth-order valence-corrected chi connectivity index (χ4v) is 2.80. The molecule has 1 atom stereocenters. The van der Waals surface area contributed by atoms with Gasteiger partial charge in [0.05, 0.1) is 12.5 Å². The molecule has 0 amide bonds. The van der Waals surface area contributed by atoms with E-state index in [1.807, 2.05) is 18.2 Å². The molecule has 0 radical (unpaired) electrons. The Morgan fingerprint density at radius 3 is 2.90 bits per heavy atom. The SMILES string of the molecule is Fc1cccc(CCl)c1OCC1OCCc2ccccc21. The van der Waals surface area contributed by atoms with Gasteiger partial charge in [-0.25, -0.2) is 4.39 Å². The van der Waals surface area contributed by atoms with Gasteiger partial charge in [-0.1, -0.05) is 36.4 Å². The minimum absolute atomic E-state index is 0.169. The van der Waals surface area contributed by atoms with Crippen LogP contribution in [-0.2, 0) is 17.0 Å². The number of para-hydroxylation sites is 1. The van der Waals surface area contributed by atoms with Crippen molar-refractivity contribution in [3.8, 4) is 5.75 Å². The van der Waals surface area contributed by atoms with Crippen LogP contribution in [0.2, 0.25) is 0 Å². The molecule has 0 fully saturated rings. The van der Waals surface area contributed by atoms with Crippen molar-refractivity contribution >= 4 is 11.6 Å². The summed E-state index contributed by atoms with van der Waals surface area (Å²) in [5, 5.41) is 0. The molecule has 21 heavy (non-hydrogen) atoms. The van der Waals surface area contributed by atoms with Crippen molar-refractivity contribution in [3.05, 3.63) is 65.0 Å². The number of ether oxygens (including phenoxy) is 2. The summed E-state index contributed by atoms with van der Waals surface area (Å²) in [5.41, 5.74) is 3.04. The number of fused-ring (bicyclic) bond motifs is 1. The summed E-state index contributed by atoms with van der Waals surface area (Å²) in [5.74, 6) is 0.0475. The van der Waals surface area contributed by atoms with E-state index in [1.165, 1.54) is 11.6 Å². The monoisotopic (exact) mass is 306 g/mol. The van der Waals surface area contributed by atoms with Gasteiger partial charge in [-0.3, -0.25) is 0 Å². The van der Waals surface area contributed by atoms with Gasteiger partial charge in [0.1, 0.15) is 12.7 Å². The van der Waals surface area contributed by atoms with Crippen LogP contribution in [0.15, 0.2) is 42.5 Å². The zero-order chi connectivity index (χ0) is 14.7. The summed E-state index contributed by atoms with van der Waals surface area (Å²) < 4.78 is 25.3. The first-order chi connectivity index (χ1) is 10.3. The lowest BCUT2D eigenvalue weighted by Gasteiger charge is -2.26. The van der Waals surface area contributed by atoms with E-state index < -0.39 is 5.82 Å². The minimum Gasteiger partial charge on any atom is -0.487 e. The quantitative estimate of drug-likeness (QED) is 0.786. The first kappa shape index (κ1) is 14.4. The van der Waals surface area contributed by atoms with Gasteiger partial charge in [-0.05, 0) is 23.6 Å². The number of benzene rings is 2. The van der Waals surface area contributed by atoms with Crippen LogP contribution in [0, 0.1) is 5.82 Å². The van der Waals surface area contributed by atoms with Crippen molar-refractivity contribution in [2.75, 3.05) is 13.2 Å². The van der Waals surface area contributed by atoms with E-state index in [4.69, 9.17) is 21.1 Å². The molecule has 4 heteroatoms. The van der Waals surface area contributed by atoms with Crippen LogP contribution in [0.1, 0.15) is 22.8 Å². The molecule has 0 N–H and O–H groups in total. The van der Waals surface area contributed by atoms with E-state index in [-0.39, 0.29) is 24.3 Å². The molecule has 1 aliphatic rings. The van der Waals surface area contributed by atoms with E-state index in [0.717, 1.165) is 12.0 Å². The summed E-state index contributed by atoms with van der Waals surface area (Å²) in [6, 6.07) is 12.9. The van der Waals surface area contributed by atoms with Gasteiger partial charge < -0.3 is 9.47 Å². The summed E-state index contributed by atoms with van der Waals surface area (Å²) in [6.07, 6.45) is 0.733. The molecule has 0 aliphatic carbocycles. The van der Waals surface area contributed by atoms with Crippen molar-refractivity contribution in [1.29, 1.82) is 0 Å². The number of halogens is 2. The molecule has 3 rings (SSSR count). The molecule has 1 aliphatic heterocycles. The van der Waals surface area contributed by atoms with Crippen LogP contribution in [0.5, 0.6) is 5.75 Å². The first-order valence-electron chi connectivity index (χ1n) is 6.95. The van der Waals surface area contributed by atoms with E-state index in [9.17, 15) is 4.39 Å². The molecule has 2 nitrogen and oxygen atoms in total. The second-order valence-electron chi connectivity index (χ2n) is 4.98. The van der Waals surface area contributed by atoms with E-state index >= 15 is 0 Å². The molecule has 110 valence electrons. The lowest BCUT2D eigenvalue weighted by atomic mass is 9.98. The first-order valence-corrected chi connectivity index (χ1v) is 7.48. The van der Waals surface area contributed by atoms with Crippen LogP contribution in [0.25, 0.3) is 0 Å². The highest BCUT2D eigenvalue weighted by Crippen LogP contribution is 2.30. The molecule has 0 bridgehead atoms. The Morgan fingerprint density at radius 2 is 2.05 bits per heavy atom. The Kier molecular flexibility index (Phi) is 4.42. The molecule has 0 saturated heterocycles. The standard InChI is InChI=1S/C17H16ClFO2/c18-10-13-5-3-7-15(19)17(13)21-11-16-14-6-2-1-4-12(14)8-9-20-16/h1-7,16H,8-11H2. The van der Waals surface area contributed by atoms with Gasteiger partial charge in [0.15, 0.2) is 11.6 Å². The smallest absolute Gasteiger partial charge is 0.165 e.